The quantitative estimate of drug-likeness (QED) is 0.763. The van der Waals surface area contributed by atoms with Gasteiger partial charge in [0.1, 0.15) is 0 Å². The van der Waals surface area contributed by atoms with Crippen LogP contribution in [-0.2, 0) is 10.0 Å². The van der Waals surface area contributed by atoms with Crippen molar-refractivity contribution in [2.24, 2.45) is 0 Å². The van der Waals surface area contributed by atoms with E-state index < -0.39 is 10.0 Å². The standard InChI is InChI=1S/C12H9Br2NO3S/c13-8-3-1-4-9(7-8)19(17,18)15-11-6-2-5-10(14)12(11)16/h1-7,15-16H. The van der Waals surface area contributed by atoms with Crippen molar-refractivity contribution in [1.82, 2.24) is 0 Å². The topological polar surface area (TPSA) is 66.4 Å². The van der Waals surface area contributed by atoms with Crippen molar-refractivity contribution in [3.8, 4) is 5.75 Å². The minimum absolute atomic E-state index is 0.112. The summed E-state index contributed by atoms with van der Waals surface area (Å²) in [5, 5.41) is 9.78. The van der Waals surface area contributed by atoms with Crippen LogP contribution in [0.4, 0.5) is 5.69 Å². The van der Waals surface area contributed by atoms with Gasteiger partial charge in [-0.1, -0.05) is 28.1 Å². The van der Waals surface area contributed by atoms with E-state index in [0.29, 0.717) is 8.95 Å². The first kappa shape index (κ1) is 14.4. The van der Waals surface area contributed by atoms with Gasteiger partial charge in [-0.3, -0.25) is 4.72 Å². The van der Waals surface area contributed by atoms with Crippen LogP contribution in [0, 0.1) is 0 Å². The van der Waals surface area contributed by atoms with E-state index in [-0.39, 0.29) is 16.3 Å². The Morgan fingerprint density at radius 1 is 1.05 bits per heavy atom. The first-order chi connectivity index (χ1) is 8.90. The number of hydrogen-bond donors (Lipinski definition) is 2. The molecule has 0 aliphatic rings. The van der Waals surface area contributed by atoms with Crippen LogP contribution < -0.4 is 4.72 Å². The molecule has 0 spiro atoms. The summed E-state index contributed by atoms with van der Waals surface area (Å²) in [6.45, 7) is 0. The lowest BCUT2D eigenvalue weighted by molar-refractivity contribution is 0.474. The van der Waals surface area contributed by atoms with Crippen LogP contribution in [0.2, 0.25) is 0 Å². The fourth-order valence-corrected chi connectivity index (χ4v) is 3.46. The molecule has 0 amide bonds. The monoisotopic (exact) mass is 405 g/mol. The number of para-hydroxylation sites is 1. The van der Waals surface area contributed by atoms with Gasteiger partial charge in [-0.25, -0.2) is 8.42 Å². The van der Waals surface area contributed by atoms with Crippen molar-refractivity contribution in [1.29, 1.82) is 0 Å². The van der Waals surface area contributed by atoms with Gasteiger partial charge in [0.15, 0.2) is 5.75 Å². The Bertz CT molecular complexity index is 717. The molecule has 0 saturated carbocycles. The highest BCUT2D eigenvalue weighted by atomic mass is 79.9. The molecule has 2 aromatic carbocycles. The lowest BCUT2D eigenvalue weighted by Crippen LogP contribution is -2.13. The molecule has 2 N–H and O–H groups in total. The van der Waals surface area contributed by atoms with Crippen LogP contribution in [0.5, 0.6) is 5.75 Å². The summed E-state index contributed by atoms with van der Waals surface area (Å²) in [6, 6.07) is 11.0. The van der Waals surface area contributed by atoms with E-state index in [2.05, 4.69) is 36.6 Å². The molecule has 0 heterocycles. The zero-order chi connectivity index (χ0) is 14.0. The van der Waals surface area contributed by atoms with Crippen LogP contribution in [0.3, 0.4) is 0 Å². The van der Waals surface area contributed by atoms with Crippen LogP contribution in [0.25, 0.3) is 0 Å². The minimum atomic E-state index is -3.74. The van der Waals surface area contributed by atoms with E-state index in [1.165, 1.54) is 18.2 Å². The first-order valence-corrected chi connectivity index (χ1v) is 8.23. The maximum atomic E-state index is 12.2. The molecule has 0 aliphatic heterocycles. The number of aromatic hydroxyl groups is 1. The fraction of sp³-hybridized carbons (Fsp3) is 0. The third-order valence-electron chi connectivity index (χ3n) is 2.34. The third-order valence-corrected chi connectivity index (χ3v) is 4.83. The molecular formula is C12H9Br2NO3S. The second kappa shape index (κ2) is 5.52. The van der Waals surface area contributed by atoms with E-state index in [1.807, 2.05) is 0 Å². The Kier molecular flexibility index (Phi) is 4.17. The van der Waals surface area contributed by atoms with Crippen molar-refractivity contribution in [3.63, 3.8) is 0 Å². The molecule has 0 aliphatic carbocycles. The Hall–Kier alpha value is -1.05. The number of phenolic OH excluding ortho intramolecular Hbond substituents is 1. The van der Waals surface area contributed by atoms with Crippen molar-refractivity contribution in [3.05, 3.63) is 51.4 Å². The number of anilines is 1. The number of nitrogens with one attached hydrogen (secondary N) is 1. The predicted molar refractivity (Wildman–Crippen MR) is 80.8 cm³/mol. The second-order valence-corrected chi connectivity index (χ2v) is 7.15. The number of rotatable bonds is 3. The summed E-state index contributed by atoms with van der Waals surface area (Å²) in [5.74, 6) is -0.152. The Morgan fingerprint density at radius 3 is 2.42 bits per heavy atom. The highest BCUT2D eigenvalue weighted by Crippen LogP contribution is 2.33. The molecule has 100 valence electrons. The molecule has 0 fully saturated rings. The maximum absolute atomic E-state index is 12.2. The lowest BCUT2D eigenvalue weighted by Gasteiger charge is -2.10. The third kappa shape index (κ3) is 3.29. The van der Waals surface area contributed by atoms with Crippen molar-refractivity contribution < 1.29 is 13.5 Å². The van der Waals surface area contributed by atoms with Gasteiger partial charge in [0, 0.05) is 4.47 Å². The summed E-state index contributed by atoms with van der Waals surface area (Å²) in [4.78, 5) is 0.112. The molecule has 0 unspecified atom stereocenters. The molecule has 19 heavy (non-hydrogen) atoms. The van der Waals surface area contributed by atoms with E-state index >= 15 is 0 Å². The van der Waals surface area contributed by atoms with Crippen molar-refractivity contribution in [2.75, 3.05) is 4.72 Å². The van der Waals surface area contributed by atoms with Gasteiger partial charge in [0.2, 0.25) is 0 Å². The normalized spacial score (nSPS) is 11.3. The Labute approximate surface area is 127 Å². The summed E-state index contributed by atoms with van der Waals surface area (Å²) >= 11 is 6.35. The number of sulfonamides is 1. The van der Waals surface area contributed by atoms with E-state index in [0.717, 1.165) is 0 Å². The number of halogens is 2. The maximum Gasteiger partial charge on any atom is 0.262 e. The minimum Gasteiger partial charge on any atom is -0.505 e. The van der Waals surface area contributed by atoms with E-state index in [4.69, 9.17) is 0 Å². The Morgan fingerprint density at radius 2 is 1.74 bits per heavy atom. The average Bonchev–Trinajstić information content (AvgIpc) is 2.35. The molecule has 2 aromatic rings. The smallest absolute Gasteiger partial charge is 0.262 e. The van der Waals surface area contributed by atoms with Crippen LogP contribution in [0.1, 0.15) is 0 Å². The highest BCUT2D eigenvalue weighted by molar-refractivity contribution is 9.10. The highest BCUT2D eigenvalue weighted by Gasteiger charge is 2.17. The SMILES string of the molecule is O=S(=O)(Nc1cccc(Br)c1O)c1cccc(Br)c1. The fourth-order valence-electron chi connectivity index (χ4n) is 1.44. The first-order valence-electron chi connectivity index (χ1n) is 5.16. The summed E-state index contributed by atoms with van der Waals surface area (Å²) in [5.41, 5.74) is 0.120. The predicted octanol–water partition coefficient (Wildman–Crippen LogP) is 3.72. The van der Waals surface area contributed by atoms with Gasteiger partial charge in [-0.2, -0.15) is 0 Å². The summed E-state index contributed by atoms with van der Waals surface area (Å²) in [7, 11) is -3.74. The molecule has 0 aromatic heterocycles. The summed E-state index contributed by atoms with van der Waals surface area (Å²) in [6.07, 6.45) is 0. The molecule has 0 radical (unpaired) electrons. The second-order valence-electron chi connectivity index (χ2n) is 3.70. The van der Waals surface area contributed by atoms with Gasteiger partial charge in [-0.05, 0) is 46.3 Å². The zero-order valence-electron chi connectivity index (χ0n) is 9.47. The molecule has 0 atom stereocenters. The average molecular weight is 407 g/mol. The van der Waals surface area contributed by atoms with Crippen LogP contribution in [0.15, 0.2) is 56.3 Å². The van der Waals surface area contributed by atoms with Crippen molar-refractivity contribution >= 4 is 47.6 Å². The van der Waals surface area contributed by atoms with E-state index in [9.17, 15) is 13.5 Å². The molecular weight excluding hydrogens is 398 g/mol. The molecule has 0 bridgehead atoms. The van der Waals surface area contributed by atoms with Crippen molar-refractivity contribution in [2.45, 2.75) is 4.90 Å². The zero-order valence-corrected chi connectivity index (χ0v) is 13.5. The van der Waals surface area contributed by atoms with Gasteiger partial charge < -0.3 is 5.11 Å². The number of phenols is 1. The number of benzene rings is 2. The lowest BCUT2D eigenvalue weighted by atomic mass is 10.3. The molecule has 7 heteroatoms. The van der Waals surface area contributed by atoms with Gasteiger partial charge in [0.25, 0.3) is 10.0 Å². The van der Waals surface area contributed by atoms with E-state index in [1.54, 1.807) is 24.3 Å². The Balaban J connectivity index is 2.39. The van der Waals surface area contributed by atoms with Crippen LogP contribution in [-0.4, -0.2) is 13.5 Å². The molecule has 2 rings (SSSR count). The summed E-state index contributed by atoms with van der Waals surface area (Å²) < 4.78 is 27.7. The van der Waals surface area contributed by atoms with Gasteiger partial charge in [0.05, 0.1) is 15.1 Å². The van der Waals surface area contributed by atoms with Gasteiger partial charge in [-0.15, -0.1) is 0 Å². The number of hydrogen-bond acceptors (Lipinski definition) is 3. The molecule has 4 nitrogen and oxygen atoms in total. The van der Waals surface area contributed by atoms with Gasteiger partial charge >= 0.3 is 0 Å². The largest absolute Gasteiger partial charge is 0.505 e. The molecule has 0 saturated heterocycles. The van der Waals surface area contributed by atoms with Crippen LogP contribution >= 0.6 is 31.9 Å².